The van der Waals surface area contributed by atoms with Crippen molar-refractivity contribution < 1.29 is 0 Å². The molecule has 0 fully saturated rings. The van der Waals surface area contributed by atoms with Crippen molar-refractivity contribution in [3.63, 3.8) is 0 Å². The van der Waals surface area contributed by atoms with Crippen molar-refractivity contribution in [2.24, 2.45) is 0 Å². The van der Waals surface area contributed by atoms with Gasteiger partial charge in [-0.3, -0.25) is 0 Å². The zero-order chi connectivity index (χ0) is 81.5. The van der Waals surface area contributed by atoms with Crippen LogP contribution >= 0.6 is 0 Å². The second-order valence-electron chi connectivity index (χ2n) is 37.2. The molecule has 2 aliphatic rings. The molecule has 0 N–H and O–H groups in total. The van der Waals surface area contributed by atoms with Crippen LogP contribution in [-0.2, 0) is 21.7 Å². The van der Waals surface area contributed by atoms with Gasteiger partial charge in [-0.25, -0.2) is 0 Å². The highest BCUT2D eigenvalue weighted by Crippen LogP contribution is 2.50. The van der Waals surface area contributed by atoms with Crippen molar-refractivity contribution in [3.8, 4) is 22.5 Å². The van der Waals surface area contributed by atoms with Gasteiger partial charge in [-0.15, -0.1) is 0 Å². The SMILES string of the molecule is CC(C)(C)c1ccc2c(c1)c1cc(C(C)(C)C)ccc1n2-c1ccc(N2c3cc(-n4c5ccc(C(C)(C)C)cc5c5cc(C(C)(C)C)ccc54)cc4c3B(c3cc([Si](c5ccccc5)(c5ccccc5)c5ccccc5)ccc3N4c3ccc([Si](c4ccccc4)(c4ccccc4)c4ccccc4)cc3)c3cccc(-c4ccccc4)c32)cc1. The van der Waals surface area contributed by atoms with Gasteiger partial charge in [0, 0.05) is 66.9 Å². The molecule has 16 aromatic carbocycles. The Hall–Kier alpha value is -12.8. The molecule has 578 valence electrons. The number of para-hydroxylation sites is 1. The highest BCUT2D eigenvalue weighted by Gasteiger charge is 2.49. The van der Waals surface area contributed by atoms with Gasteiger partial charge >= 0.3 is 0 Å². The van der Waals surface area contributed by atoms with E-state index in [2.05, 4.69) is 484 Å². The van der Waals surface area contributed by atoms with Gasteiger partial charge in [0.2, 0.25) is 0 Å². The Morgan fingerprint density at radius 2 is 0.538 bits per heavy atom. The van der Waals surface area contributed by atoms with Crippen LogP contribution in [0.25, 0.3) is 66.1 Å². The van der Waals surface area contributed by atoms with E-state index in [1.807, 2.05) is 0 Å². The van der Waals surface area contributed by atoms with Crippen molar-refractivity contribution in [3.05, 3.63) is 404 Å². The lowest BCUT2D eigenvalue weighted by Crippen LogP contribution is -2.75. The molecule has 2 aliphatic heterocycles. The lowest BCUT2D eigenvalue weighted by molar-refractivity contribution is 0.590. The number of rotatable bonds is 13. The van der Waals surface area contributed by atoms with Gasteiger partial charge in [-0.2, -0.15) is 0 Å². The van der Waals surface area contributed by atoms with E-state index < -0.39 is 16.1 Å². The Labute approximate surface area is 704 Å². The lowest BCUT2D eigenvalue weighted by Gasteiger charge is -2.46. The quantitative estimate of drug-likeness (QED) is 0.0845. The summed E-state index contributed by atoms with van der Waals surface area (Å²) in [6.45, 7) is 27.8. The van der Waals surface area contributed by atoms with Crippen LogP contribution in [-0.4, -0.2) is 32.0 Å². The van der Waals surface area contributed by atoms with E-state index >= 15 is 0 Å². The van der Waals surface area contributed by atoms with Gasteiger partial charge < -0.3 is 18.9 Å². The average molecular weight is 1570 g/mol. The minimum atomic E-state index is -3.18. The number of hydrogen-bond donors (Lipinski definition) is 0. The molecular formula is C112H99BN4Si2. The summed E-state index contributed by atoms with van der Waals surface area (Å²) in [6.07, 6.45) is 0. The van der Waals surface area contributed by atoms with Gasteiger partial charge in [-0.05, 0) is 210 Å². The summed E-state index contributed by atoms with van der Waals surface area (Å²) in [5.74, 6) is 0. The van der Waals surface area contributed by atoms with Crippen LogP contribution in [0, 0.1) is 0 Å². The van der Waals surface area contributed by atoms with Crippen molar-refractivity contribution in [1.82, 2.24) is 9.13 Å². The smallest absolute Gasteiger partial charge is 0.252 e. The van der Waals surface area contributed by atoms with Crippen LogP contribution < -0.4 is 67.7 Å². The average Bonchev–Trinajstić information content (AvgIpc) is 1.28. The van der Waals surface area contributed by atoms with Crippen molar-refractivity contribution in [1.29, 1.82) is 0 Å². The van der Waals surface area contributed by atoms with Crippen molar-refractivity contribution in [2.75, 3.05) is 9.80 Å². The summed E-state index contributed by atoms with van der Waals surface area (Å²) >= 11 is 0. The van der Waals surface area contributed by atoms with Crippen LogP contribution in [0.1, 0.15) is 105 Å². The monoisotopic (exact) mass is 1570 g/mol. The van der Waals surface area contributed by atoms with Crippen LogP contribution in [0.2, 0.25) is 0 Å². The van der Waals surface area contributed by atoms with Crippen LogP contribution in [0.3, 0.4) is 0 Å². The number of nitrogens with zero attached hydrogens (tertiary/aromatic N) is 4. The topological polar surface area (TPSA) is 16.3 Å². The first-order valence-electron chi connectivity index (χ1n) is 42.4. The fourth-order valence-electron chi connectivity index (χ4n) is 20.0. The van der Waals surface area contributed by atoms with Crippen molar-refractivity contribution in [2.45, 2.75) is 105 Å². The summed E-state index contributed by atoms with van der Waals surface area (Å²) < 4.78 is 5.11. The molecule has 2 aromatic heterocycles. The molecule has 4 heterocycles. The number of benzene rings is 16. The molecule has 0 unspecified atom stereocenters. The minimum absolute atomic E-state index is 0.0370. The zero-order valence-electron chi connectivity index (χ0n) is 70.2. The molecule has 0 atom stereocenters. The summed E-state index contributed by atoms with van der Waals surface area (Å²) in [4.78, 5) is 5.34. The third kappa shape index (κ3) is 12.3. The van der Waals surface area contributed by atoms with E-state index in [0.717, 1.165) is 56.6 Å². The first-order chi connectivity index (χ1) is 57.6. The molecule has 0 bridgehead atoms. The summed E-state index contributed by atoms with van der Waals surface area (Å²) in [6, 6.07) is 148. The second-order valence-corrected chi connectivity index (χ2v) is 44.9. The molecule has 4 nitrogen and oxygen atoms in total. The summed E-state index contributed by atoms with van der Waals surface area (Å²) in [5, 5.41) is 15.7. The largest absolute Gasteiger partial charge is 0.311 e. The zero-order valence-corrected chi connectivity index (χ0v) is 72.2. The fourth-order valence-corrected chi connectivity index (χ4v) is 29.5. The van der Waals surface area contributed by atoms with E-state index in [-0.39, 0.29) is 28.4 Å². The highest BCUT2D eigenvalue weighted by molar-refractivity contribution is 7.20. The standard InChI is InChI=1S/C112H99BN4Si2/c1-109(2,3)77-51-64-100-94(69-77)95-70-78(110(4,5)6)52-65-101(95)114(100)81-55-57-83(58-56-81)117-106-74-84(116-102-66-53-79(111(7,8)9)71-96(102)97-72-80(112(10,11)12)54-67-103(97)116)73-105-107(106)113(98-50-34-49-93(108(98)117)76-35-20-13-21-36-76)99-75-92(119(88-43-28-17-29-44-88,89-45-30-18-31-46-89)90-47-32-19-33-48-90)63-68-104(99)115(105)82-59-61-91(62-60-82)118(85-37-22-14-23-38-85,86-39-24-15-25-40-86)87-41-26-16-27-42-87/h13-75H,1-12H3. The third-order valence-electron chi connectivity index (χ3n) is 26.0. The predicted octanol–water partition coefficient (Wildman–Crippen LogP) is 21.6. The molecule has 18 aromatic rings. The maximum Gasteiger partial charge on any atom is 0.252 e. The first-order valence-corrected chi connectivity index (χ1v) is 46.4. The van der Waals surface area contributed by atoms with Crippen LogP contribution in [0.5, 0.6) is 0 Å². The molecular weight excluding hydrogens is 1470 g/mol. The van der Waals surface area contributed by atoms with Gasteiger partial charge in [0.25, 0.3) is 6.71 Å². The molecule has 0 saturated heterocycles. The Morgan fingerprint density at radius 3 is 0.916 bits per heavy atom. The second kappa shape index (κ2) is 28.5. The molecule has 20 rings (SSSR count). The molecule has 0 saturated carbocycles. The van der Waals surface area contributed by atoms with Gasteiger partial charge in [0.1, 0.15) is 0 Å². The summed E-state index contributed by atoms with van der Waals surface area (Å²) in [5.41, 5.74) is 24.7. The van der Waals surface area contributed by atoms with Gasteiger partial charge in [0.05, 0.1) is 27.8 Å². The minimum Gasteiger partial charge on any atom is -0.311 e. The van der Waals surface area contributed by atoms with E-state index in [4.69, 9.17) is 0 Å². The van der Waals surface area contributed by atoms with Crippen molar-refractivity contribution >= 4 is 158 Å². The Balaban J connectivity index is 0.917. The Morgan fingerprint density at radius 1 is 0.227 bits per heavy atom. The number of aromatic nitrogens is 2. The van der Waals surface area contributed by atoms with E-state index in [0.29, 0.717) is 0 Å². The third-order valence-corrected chi connectivity index (χ3v) is 35.6. The maximum atomic E-state index is 2.69. The van der Waals surface area contributed by atoms with E-state index in [1.165, 1.54) is 124 Å². The molecule has 0 amide bonds. The van der Waals surface area contributed by atoms with Gasteiger partial charge in [0.15, 0.2) is 16.1 Å². The predicted molar refractivity (Wildman–Crippen MR) is 517 cm³/mol. The number of fused-ring (bicyclic) bond motifs is 10. The highest BCUT2D eigenvalue weighted by atomic mass is 28.3. The van der Waals surface area contributed by atoms with E-state index in [1.54, 1.807) is 0 Å². The normalized spacial score (nSPS) is 13.2. The van der Waals surface area contributed by atoms with E-state index in [9.17, 15) is 0 Å². The van der Waals surface area contributed by atoms with Crippen LogP contribution in [0.15, 0.2) is 382 Å². The van der Waals surface area contributed by atoms with Crippen LogP contribution in [0.4, 0.5) is 34.1 Å². The molecule has 0 radical (unpaired) electrons. The molecule has 0 aliphatic carbocycles. The molecule has 0 spiro atoms. The Bertz CT molecular complexity index is 6580. The summed E-state index contributed by atoms with van der Waals surface area (Å²) in [7, 11) is -6.18. The van der Waals surface area contributed by atoms with Gasteiger partial charge in [-0.1, -0.05) is 362 Å². The molecule has 119 heavy (non-hydrogen) atoms. The number of hydrogen-bond acceptors (Lipinski definition) is 2. The lowest BCUT2D eigenvalue weighted by atomic mass is 9.33. The Kier molecular flexibility index (Phi) is 18.0. The fraction of sp³-hybridized carbons (Fsp3) is 0.143. The molecule has 7 heteroatoms. The first kappa shape index (κ1) is 75.0. The maximum absolute atomic E-state index is 3.18. The number of anilines is 6.